The van der Waals surface area contributed by atoms with Crippen molar-refractivity contribution in [3.05, 3.63) is 113 Å². The number of allylic oxidation sites excluding steroid dienone is 8. The fourth-order valence-corrected chi connectivity index (χ4v) is 4.28. The van der Waals surface area contributed by atoms with Gasteiger partial charge in [0.2, 0.25) is 0 Å². The van der Waals surface area contributed by atoms with Gasteiger partial charge in [0.15, 0.2) is 0 Å². The van der Waals surface area contributed by atoms with Gasteiger partial charge in [-0.1, -0.05) is 67.3 Å². The van der Waals surface area contributed by atoms with Crippen molar-refractivity contribution < 1.29 is 4.79 Å². The molecule has 6 nitrogen and oxygen atoms in total. The van der Waals surface area contributed by atoms with Gasteiger partial charge in [0.1, 0.15) is 12.0 Å². The van der Waals surface area contributed by atoms with Gasteiger partial charge in [-0.05, 0) is 80.1 Å². The highest BCUT2D eigenvalue weighted by molar-refractivity contribution is 5.81. The van der Waals surface area contributed by atoms with Crippen molar-refractivity contribution in [1.82, 2.24) is 25.3 Å². The van der Waals surface area contributed by atoms with Crippen LogP contribution in [-0.2, 0) is 17.8 Å². The number of benzene rings is 1. The molecule has 2 heterocycles. The summed E-state index contributed by atoms with van der Waals surface area (Å²) in [5, 5.41) is 11.6. The Morgan fingerprint density at radius 3 is 2.57 bits per heavy atom. The summed E-state index contributed by atoms with van der Waals surface area (Å²) in [5.41, 5.74) is 7.86. The Morgan fingerprint density at radius 1 is 1.05 bits per heavy atom. The first-order valence-electron chi connectivity index (χ1n) is 12.5. The van der Waals surface area contributed by atoms with Crippen LogP contribution in [0.1, 0.15) is 44.2 Å². The van der Waals surface area contributed by atoms with Crippen LogP contribution < -0.4 is 5.32 Å². The lowest BCUT2D eigenvalue weighted by Gasteiger charge is -2.17. The van der Waals surface area contributed by atoms with Crippen LogP contribution in [0.2, 0.25) is 0 Å². The number of aromatic nitrogens is 4. The minimum absolute atomic E-state index is 0. The predicted molar refractivity (Wildman–Crippen MR) is 151 cm³/mol. The molecular formula is C31H37N5O. The number of likely N-dealkylation sites (N-methyl/N-ethyl adjacent to an activating group) is 1. The summed E-state index contributed by atoms with van der Waals surface area (Å²) in [5.74, 6) is 0. The van der Waals surface area contributed by atoms with Gasteiger partial charge in [0.25, 0.3) is 0 Å². The van der Waals surface area contributed by atoms with Crippen LogP contribution in [0.3, 0.4) is 0 Å². The highest BCUT2D eigenvalue weighted by Gasteiger charge is 2.12. The van der Waals surface area contributed by atoms with Crippen molar-refractivity contribution in [3.63, 3.8) is 0 Å². The molecule has 192 valence electrons. The number of hydrogen-bond donors (Lipinski definition) is 1. The van der Waals surface area contributed by atoms with E-state index in [2.05, 4.69) is 69.2 Å². The monoisotopic (exact) mass is 495 g/mol. The first-order chi connectivity index (χ1) is 17.8. The van der Waals surface area contributed by atoms with Gasteiger partial charge < -0.3 is 5.32 Å². The lowest BCUT2D eigenvalue weighted by atomic mass is 9.88. The quantitative estimate of drug-likeness (QED) is 0.394. The van der Waals surface area contributed by atoms with E-state index in [4.69, 9.17) is 0 Å². The summed E-state index contributed by atoms with van der Waals surface area (Å²) in [6.45, 7) is 1.72. The smallest absolute Gasteiger partial charge is 0.150 e. The maximum absolute atomic E-state index is 10.9. The fourth-order valence-electron chi connectivity index (χ4n) is 4.28. The van der Waals surface area contributed by atoms with E-state index < -0.39 is 0 Å². The second-order valence-electron chi connectivity index (χ2n) is 8.86. The molecule has 6 heteroatoms. The van der Waals surface area contributed by atoms with Crippen molar-refractivity contribution in [2.45, 2.75) is 46.1 Å². The third-order valence-corrected chi connectivity index (χ3v) is 6.26. The Kier molecular flexibility index (Phi) is 10.9. The summed E-state index contributed by atoms with van der Waals surface area (Å²) in [6, 6.07) is 12.5. The van der Waals surface area contributed by atoms with E-state index in [-0.39, 0.29) is 7.43 Å². The average Bonchev–Trinajstić information content (AvgIpc) is 3.42. The molecule has 0 saturated carbocycles. The molecule has 1 aromatic carbocycles. The molecule has 1 N–H and O–H groups in total. The first kappa shape index (κ1) is 27.7. The summed E-state index contributed by atoms with van der Waals surface area (Å²) in [4.78, 5) is 15.0. The average molecular weight is 496 g/mol. The molecule has 0 unspecified atom stereocenters. The zero-order valence-corrected chi connectivity index (χ0v) is 20.8. The Hall–Kier alpha value is -3.90. The van der Waals surface area contributed by atoms with E-state index in [0.29, 0.717) is 0 Å². The SMILES string of the molecule is C.CNCCc1ccc(Cn2cc(-c3cccnc3)nn2)cc1.O=CC1=C(C2=CC=CCC2)CCC=C1. The Bertz CT molecular complexity index is 1250. The molecule has 0 atom stereocenters. The normalized spacial score (nSPS) is 14.4. The van der Waals surface area contributed by atoms with Crippen molar-refractivity contribution >= 4 is 6.29 Å². The standard InChI is InChI=1S/C17H19N5.C13H14O.CH4/c1-18-10-8-14-4-6-15(7-5-14)12-22-13-17(20-21-22)16-3-2-9-19-11-16;14-10-12-8-4-5-9-13(12)11-6-2-1-3-7-11;/h2-7,9,11,13,18H,8,10,12H2,1H3;1-2,4,6,8,10H,3,5,7,9H2;1H4. The molecule has 2 aliphatic rings. The largest absolute Gasteiger partial charge is 0.319 e. The minimum Gasteiger partial charge on any atom is -0.319 e. The predicted octanol–water partition coefficient (Wildman–Crippen LogP) is 5.89. The molecule has 2 aromatic heterocycles. The number of carbonyl (C=O) groups is 1. The van der Waals surface area contributed by atoms with Crippen LogP contribution in [0, 0.1) is 0 Å². The number of hydrogen-bond acceptors (Lipinski definition) is 5. The molecule has 0 bridgehead atoms. The molecule has 5 rings (SSSR count). The van der Waals surface area contributed by atoms with Gasteiger partial charge in [-0.2, -0.15) is 0 Å². The summed E-state index contributed by atoms with van der Waals surface area (Å²) < 4.78 is 1.85. The topological polar surface area (TPSA) is 72.7 Å². The minimum atomic E-state index is 0. The Morgan fingerprint density at radius 2 is 1.86 bits per heavy atom. The molecule has 0 spiro atoms. The van der Waals surface area contributed by atoms with E-state index in [1.54, 1.807) is 12.4 Å². The van der Waals surface area contributed by atoms with Crippen molar-refractivity contribution in [1.29, 1.82) is 0 Å². The molecule has 0 aliphatic heterocycles. The van der Waals surface area contributed by atoms with Crippen LogP contribution >= 0.6 is 0 Å². The van der Waals surface area contributed by atoms with E-state index in [0.717, 1.165) is 68.3 Å². The number of nitrogens with zero attached hydrogens (tertiary/aromatic N) is 4. The molecule has 0 saturated heterocycles. The van der Waals surface area contributed by atoms with Crippen molar-refractivity contribution in [3.8, 4) is 11.3 Å². The van der Waals surface area contributed by atoms with Gasteiger partial charge in [-0.25, -0.2) is 4.68 Å². The Balaban J connectivity index is 0.000000220. The van der Waals surface area contributed by atoms with Gasteiger partial charge in [0.05, 0.1) is 12.7 Å². The molecule has 37 heavy (non-hydrogen) atoms. The zero-order chi connectivity index (χ0) is 25.0. The number of aldehydes is 1. The third kappa shape index (κ3) is 8.05. The van der Waals surface area contributed by atoms with Crippen LogP contribution in [0.5, 0.6) is 0 Å². The first-order valence-corrected chi connectivity index (χ1v) is 12.5. The van der Waals surface area contributed by atoms with E-state index in [9.17, 15) is 4.79 Å². The van der Waals surface area contributed by atoms with Gasteiger partial charge in [-0.3, -0.25) is 9.78 Å². The maximum Gasteiger partial charge on any atom is 0.150 e. The van der Waals surface area contributed by atoms with Gasteiger partial charge >= 0.3 is 0 Å². The fraction of sp³-hybridized carbons (Fsp3) is 0.290. The number of carbonyl (C=O) groups excluding carboxylic acids is 1. The number of rotatable bonds is 8. The van der Waals surface area contributed by atoms with E-state index in [1.165, 1.54) is 22.3 Å². The molecule has 0 amide bonds. The molecule has 2 aliphatic carbocycles. The lowest BCUT2D eigenvalue weighted by Crippen LogP contribution is -2.10. The summed E-state index contributed by atoms with van der Waals surface area (Å²) in [6.07, 6.45) is 22.2. The zero-order valence-electron chi connectivity index (χ0n) is 20.8. The third-order valence-electron chi connectivity index (χ3n) is 6.26. The second kappa shape index (κ2) is 14.6. The maximum atomic E-state index is 10.9. The highest BCUT2D eigenvalue weighted by Crippen LogP contribution is 2.29. The molecule has 3 aromatic rings. The number of pyridine rings is 1. The lowest BCUT2D eigenvalue weighted by molar-refractivity contribution is -0.104. The van der Waals surface area contributed by atoms with Gasteiger partial charge in [-0.15, -0.1) is 5.10 Å². The van der Waals surface area contributed by atoms with Gasteiger partial charge in [0, 0.05) is 23.5 Å². The summed E-state index contributed by atoms with van der Waals surface area (Å²) >= 11 is 0. The second-order valence-corrected chi connectivity index (χ2v) is 8.86. The van der Waals surface area contributed by atoms with E-state index in [1.807, 2.05) is 36.1 Å². The van der Waals surface area contributed by atoms with E-state index >= 15 is 0 Å². The van der Waals surface area contributed by atoms with Crippen molar-refractivity contribution in [2.75, 3.05) is 13.6 Å². The van der Waals surface area contributed by atoms with Crippen molar-refractivity contribution in [2.24, 2.45) is 0 Å². The summed E-state index contributed by atoms with van der Waals surface area (Å²) in [7, 11) is 1.97. The van der Waals surface area contributed by atoms with Crippen LogP contribution in [0.15, 0.2) is 102 Å². The highest BCUT2D eigenvalue weighted by atomic mass is 16.1. The molecule has 0 radical (unpaired) electrons. The van der Waals surface area contributed by atoms with Crippen LogP contribution in [-0.4, -0.2) is 39.9 Å². The Labute approximate surface area is 220 Å². The molecule has 0 fully saturated rings. The van der Waals surface area contributed by atoms with Crippen LogP contribution in [0.25, 0.3) is 11.3 Å². The molecular weight excluding hydrogens is 458 g/mol. The van der Waals surface area contributed by atoms with Crippen LogP contribution in [0.4, 0.5) is 0 Å². The number of nitrogens with one attached hydrogen (secondary N) is 1.